The predicted octanol–water partition coefficient (Wildman–Crippen LogP) is -0.354. The van der Waals surface area contributed by atoms with Crippen LogP contribution in [0.15, 0.2) is 23.6 Å². The number of ether oxygens (including phenoxy) is 2. The molecule has 0 saturated carbocycles. The Bertz CT molecular complexity index is 1360. The van der Waals surface area contributed by atoms with E-state index in [1.54, 1.807) is 0 Å². The van der Waals surface area contributed by atoms with Crippen molar-refractivity contribution in [1.82, 2.24) is 15.3 Å². The van der Waals surface area contributed by atoms with Crippen molar-refractivity contribution < 1.29 is 54.5 Å². The molecular weight excluding hydrogens is 546 g/mol. The Kier molecular flexibility index (Phi) is 7.93. The van der Waals surface area contributed by atoms with Gasteiger partial charge in [0.05, 0.1) is 35.4 Å². The number of hydrogen-bond acceptors (Lipinski definition) is 13. The van der Waals surface area contributed by atoms with Gasteiger partial charge in [-0.2, -0.15) is 0 Å². The third-order valence-corrected chi connectivity index (χ3v) is 7.74. The standard InChI is InChI=1S/C22H23N3O11S2/c1-8(27)23-15-12(28)5-22(21(33)34,36-17(15)16(30)13(29)6-26)35-9-2-3-10-14(4-9)38-19(24-10)18-25-11(7-37-18)20(31)32/h2-4,7,12-13,15-17,26,28-30H,5-6H2,1H3,(H,23,27)(H,31,32)(H,33,34). The average molecular weight is 570 g/mol. The summed E-state index contributed by atoms with van der Waals surface area (Å²) in [6, 6.07) is 3.09. The number of aliphatic carboxylic acids is 1. The SMILES string of the molecule is CC(=O)NC1C(O)CC(Oc2ccc3nc(-c4nc(C(=O)O)cs4)sc3c2)(C(=O)O)OC1C(O)C(O)CO. The van der Waals surface area contributed by atoms with Gasteiger partial charge in [-0.1, -0.05) is 0 Å². The monoisotopic (exact) mass is 569 g/mol. The number of hydrogen-bond donors (Lipinski definition) is 7. The molecule has 1 aliphatic heterocycles. The number of nitrogens with one attached hydrogen (secondary N) is 1. The number of aliphatic hydroxyl groups excluding tert-OH is 4. The first kappa shape index (κ1) is 27.8. The van der Waals surface area contributed by atoms with Gasteiger partial charge in [0.1, 0.15) is 24.1 Å². The Hall–Kier alpha value is -3.25. The molecule has 1 aliphatic rings. The number of carbonyl (C=O) groups excluding carboxylic acids is 1. The molecular formula is C22H23N3O11S2. The molecule has 3 heterocycles. The number of rotatable bonds is 9. The molecule has 0 aliphatic carbocycles. The quantitative estimate of drug-likeness (QED) is 0.175. The third-order valence-electron chi connectivity index (χ3n) is 5.74. The van der Waals surface area contributed by atoms with Crippen LogP contribution in [0.3, 0.4) is 0 Å². The van der Waals surface area contributed by atoms with Gasteiger partial charge in [0.25, 0.3) is 0 Å². The number of fused-ring (bicyclic) bond motifs is 1. The van der Waals surface area contributed by atoms with E-state index in [2.05, 4.69) is 15.3 Å². The van der Waals surface area contributed by atoms with Crippen LogP contribution in [0.25, 0.3) is 20.2 Å². The number of nitrogens with zero attached hydrogens (tertiary/aromatic N) is 2. The molecule has 1 fully saturated rings. The van der Waals surface area contributed by atoms with Crippen molar-refractivity contribution in [1.29, 1.82) is 0 Å². The fourth-order valence-electron chi connectivity index (χ4n) is 3.95. The smallest absolute Gasteiger partial charge is 0.377 e. The summed E-state index contributed by atoms with van der Waals surface area (Å²) in [5.41, 5.74) is 0.383. The summed E-state index contributed by atoms with van der Waals surface area (Å²) in [5.74, 6) is -5.97. The highest BCUT2D eigenvalue weighted by molar-refractivity contribution is 7.25. The number of aromatic carboxylic acids is 1. The van der Waals surface area contributed by atoms with Crippen molar-refractivity contribution in [2.24, 2.45) is 0 Å². The normalized spacial score (nSPS) is 25.0. The minimum atomic E-state index is -2.54. The number of carboxylic acid groups (broad SMARTS) is 2. The van der Waals surface area contributed by atoms with E-state index in [4.69, 9.17) is 14.6 Å². The van der Waals surface area contributed by atoms with Crippen molar-refractivity contribution in [2.45, 2.75) is 49.6 Å². The van der Waals surface area contributed by atoms with Crippen LogP contribution in [-0.2, 0) is 14.3 Å². The number of thiazole rings is 2. The molecule has 1 saturated heterocycles. The average Bonchev–Trinajstić information content (AvgIpc) is 3.51. The third kappa shape index (κ3) is 5.46. The van der Waals surface area contributed by atoms with Crippen molar-refractivity contribution in [2.75, 3.05) is 6.61 Å². The van der Waals surface area contributed by atoms with Gasteiger partial charge in [0, 0.05) is 12.3 Å². The molecule has 38 heavy (non-hydrogen) atoms. The second kappa shape index (κ2) is 10.9. The Balaban J connectivity index is 1.66. The van der Waals surface area contributed by atoms with Gasteiger partial charge in [-0.05, 0) is 18.2 Å². The van der Waals surface area contributed by atoms with E-state index < -0.39 is 67.1 Å². The Morgan fingerprint density at radius 3 is 2.58 bits per heavy atom. The van der Waals surface area contributed by atoms with E-state index in [9.17, 15) is 39.9 Å². The van der Waals surface area contributed by atoms with Crippen molar-refractivity contribution >= 4 is 50.7 Å². The van der Waals surface area contributed by atoms with E-state index in [1.807, 2.05) is 0 Å². The number of aliphatic hydroxyl groups is 4. The van der Waals surface area contributed by atoms with Gasteiger partial charge in [-0.3, -0.25) is 4.79 Å². The lowest BCUT2D eigenvalue weighted by Gasteiger charge is -2.46. The highest BCUT2D eigenvalue weighted by Gasteiger charge is 2.56. The number of carbonyl (C=O) groups is 3. The van der Waals surface area contributed by atoms with Crippen molar-refractivity contribution in [3.8, 4) is 15.8 Å². The van der Waals surface area contributed by atoms with Crippen LogP contribution in [-0.4, -0.2) is 101 Å². The first-order valence-electron chi connectivity index (χ1n) is 11.1. The molecule has 14 nitrogen and oxygen atoms in total. The minimum Gasteiger partial charge on any atom is -0.476 e. The summed E-state index contributed by atoms with van der Waals surface area (Å²) in [6.45, 7) is 0.239. The van der Waals surface area contributed by atoms with Crippen molar-refractivity contribution in [3.63, 3.8) is 0 Å². The number of amides is 1. The van der Waals surface area contributed by atoms with Crippen LogP contribution in [0.5, 0.6) is 5.75 Å². The first-order valence-corrected chi connectivity index (χ1v) is 12.8. The molecule has 7 N–H and O–H groups in total. The summed E-state index contributed by atoms with van der Waals surface area (Å²) >= 11 is 2.26. The second-order valence-corrected chi connectivity index (χ2v) is 10.4. The van der Waals surface area contributed by atoms with E-state index in [0.717, 1.165) is 29.6 Å². The highest BCUT2D eigenvalue weighted by Crippen LogP contribution is 2.38. The maximum absolute atomic E-state index is 12.4. The number of carboxylic acids is 2. The molecule has 2 aromatic heterocycles. The van der Waals surface area contributed by atoms with Gasteiger partial charge in [0.15, 0.2) is 15.7 Å². The zero-order chi connectivity index (χ0) is 27.8. The van der Waals surface area contributed by atoms with Crippen LogP contribution in [0.4, 0.5) is 0 Å². The molecule has 6 atom stereocenters. The first-order chi connectivity index (χ1) is 17.9. The molecule has 3 aromatic rings. The van der Waals surface area contributed by atoms with Gasteiger partial charge in [-0.25, -0.2) is 19.6 Å². The summed E-state index contributed by atoms with van der Waals surface area (Å²) in [6.07, 6.45) is -7.58. The molecule has 204 valence electrons. The highest BCUT2D eigenvalue weighted by atomic mass is 32.1. The molecule has 0 radical (unpaired) electrons. The van der Waals surface area contributed by atoms with E-state index in [1.165, 1.54) is 23.6 Å². The summed E-state index contributed by atoms with van der Waals surface area (Å²) < 4.78 is 11.9. The molecule has 4 rings (SSSR count). The fraction of sp³-hybridized carbons (Fsp3) is 0.409. The van der Waals surface area contributed by atoms with Gasteiger partial charge < -0.3 is 45.4 Å². The molecule has 1 aromatic carbocycles. The van der Waals surface area contributed by atoms with E-state index in [-0.39, 0.29) is 11.4 Å². The van der Waals surface area contributed by atoms with Crippen molar-refractivity contribution in [3.05, 3.63) is 29.3 Å². The maximum Gasteiger partial charge on any atom is 0.377 e. The lowest BCUT2D eigenvalue weighted by molar-refractivity contribution is -0.284. The van der Waals surface area contributed by atoms with Gasteiger partial charge >= 0.3 is 17.7 Å². The summed E-state index contributed by atoms with van der Waals surface area (Å²) in [7, 11) is 0. The van der Waals surface area contributed by atoms with Crippen LogP contribution >= 0.6 is 22.7 Å². The van der Waals surface area contributed by atoms with Crippen LogP contribution in [0.1, 0.15) is 23.8 Å². The Labute approximate surface area is 221 Å². The number of benzene rings is 1. The second-order valence-electron chi connectivity index (χ2n) is 8.47. The van der Waals surface area contributed by atoms with Gasteiger partial charge in [0.2, 0.25) is 5.91 Å². The number of aromatic nitrogens is 2. The summed E-state index contributed by atoms with van der Waals surface area (Å²) in [5, 5.41) is 64.2. The maximum atomic E-state index is 12.4. The fourth-order valence-corrected chi connectivity index (χ4v) is 5.77. The van der Waals surface area contributed by atoms with Crippen LogP contribution in [0.2, 0.25) is 0 Å². The molecule has 6 unspecified atom stereocenters. The van der Waals surface area contributed by atoms with Crippen LogP contribution < -0.4 is 10.1 Å². The molecule has 16 heteroatoms. The molecule has 0 spiro atoms. The van der Waals surface area contributed by atoms with E-state index in [0.29, 0.717) is 20.2 Å². The lowest BCUT2D eigenvalue weighted by Crippen LogP contribution is -2.68. The molecule has 1 amide bonds. The zero-order valence-corrected chi connectivity index (χ0v) is 21.2. The minimum absolute atomic E-state index is 0.00147. The van der Waals surface area contributed by atoms with E-state index >= 15 is 0 Å². The zero-order valence-electron chi connectivity index (χ0n) is 19.5. The van der Waals surface area contributed by atoms with Crippen LogP contribution in [0, 0.1) is 0 Å². The lowest BCUT2D eigenvalue weighted by atomic mass is 9.88. The topological polar surface area (TPSA) is 229 Å². The molecule has 0 bridgehead atoms. The largest absolute Gasteiger partial charge is 0.476 e. The summed E-state index contributed by atoms with van der Waals surface area (Å²) in [4.78, 5) is 43.6. The van der Waals surface area contributed by atoms with Gasteiger partial charge in [-0.15, -0.1) is 22.7 Å². The predicted molar refractivity (Wildman–Crippen MR) is 131 cm³/mol. The Morgan fingerprint density at radius 1 is 1.24 bits per heavy atom. The Morgan fingerprint density at radius 2 is 1.97 bits per heavy atom.